The molecule has 0 N–H and O–H groups in total. The van der Waals surface area contributed by atoms with E-state index in [1.165, 1.54) is 4.90 Å². The molecule has 156 valence electrons. The minimum absolute atomic E-state index is 0.252. The SMILES string of the molecule is CCN1CCN(C2=C(c3ccc(Cl)cc3)C(=O)N(c3ccc(C)c(C)c3)C2=O)CC1. The van der Waals surface area contributed by atoms with Crippen LogP contribution in [0.5, 0.6) is 0 Å². The maximum absolute atomic E-state index is 13.6. The molecule has 2 heterocycles. The molecule has 0 unspecified atom stereocenters. The van der Waals surface area contributed by atoms with Crippen LogP contribution in [0.2, 0.25) is 5.02 Å². The number of likely N-dealkylation sites (N-methyl/N-ethyl adjacent to an activating group) is 1. The van der Waals surface area contributed by atoms with E-state index in [9.17, 15) is 9.59 Å². The van der Waals surface area contributed by atoms with Crippen LogP contribution in [-0.2, 0) is 9.59 Å². The van der Waals surface area contributed by atoms with Gasteiger partial charge in [0.05, 0.1) is 11.3 Å². The number of carbonyl (C=O) groups excluding carboxylic acids is 2. The number of rotatable bonds is 4. The molecule has 1 saturated heterocycles. The molecule has 6 heteroatoms. The minimum Gasteiger partial charge on any atom is -0.364 e. The lowest BCUT2D eigenvalue weighted by Crippen LogP contribution is -2.47. The fourth-order valence-corrected chi connectivity index (χ4v) is 4.20. The fraction of sp³-hybridized carbons (Fsp3) is 0.333. The maximum Gasteiger partial charge on any atom is 0.282 e. The average Bonchev–Trinajstić information content (AvgIpc) is 3.01. The number of anilines is 1. The van der Waals surface area contributed by atoms with Crippen LogP contribution >= 0.6 is 11.6 Å². The molecular formula is C24H26ClN3O2. The van der Waals surface area contributed by atoms with E-state index in [0.29, 0.717) is 22.0 Å². The molecule has 1 fully saturated rings. The Labute approximate surface area is 182 Å². The number of hydrogen-bond donors (Lipinski definition) is 0. The Balaban J connectivity index is 1.78. The molecule has 2 aliphatic heterocycles. The minimum atomic E-state index is -0.279. The third kappa shape index (κ3) is 3.64. The summed E-state index contributed by atoms with van der Waals surface area (Å²) in [6, 6.07) is 12.8. The number of carbonyl (C=O) groups is 2. The van der Waals surface area contributed by atoms with E-state index in [-0.39, 0.29) is 11.8 Å². The average molecular weight is 424 g/mol. The predicted octanol–water partition coefficient (Wildman–Crippen LogP) is 3.88. The number of hydrogen-bond acceptors (Lipinski definition) is 4. The molecule has 0 atom stereocenters. The number of amides is 2. The first-order valence-electron chi connectivity index (χ1n) is 10.3. The van der Waals surface area contributed by atoms with Crippen LogP contribution in [0.4, 0.5) is 5.69 Å². The first-order valence-corrected chi connectivity index (χ1v) is 10.7. The molecule has 0 bridgehead atoms. The molecule has 2 amide bonds. The van der Waals surface area contributed by atoms with Crippen LogP contribution in [0.25, 0.3) is 5.57 Å². The highest BCUT2D eigenvalue weighted by Crippen LogP contribution is 2.36. The second-order valence-corrected chi connectivity index (χ2v) is 8.30. The zero-order valence-corrected chi connectivity index (χ0v) is 18.4. The lowest BCUT2D eigenvalue weighted by molar-refractivity contribution is -0.120. The second kappa shape index (κ2) is 8.25. The van der Waals surface area contributed by atoms with Crippen molar-refractivity contribution in [2.45, 2.75) is 20.8 Å². The van der Waals surface area contributed by atoms with Crippen molar-refractivity contribution in [3.05, 3.63) is 69.9 Å². The summed E-state index contributed by atoms with van der Waals surface area (Å²) in [5.74, 6) is -0.531. The molecule has 2 aromatic carbocycles. The van der Waals surface area contributed by atoms with E-state index >= 15 is 0 Å². The Morgan fingerprint density at radius 3 is 2.13 bits per heavy atom. The number of benzene rings is 2. The van der Waals surface area contributed by atoms with Crippen molar-refractivity contribution in [3.8, 4) is 0 Å². The smallest absolute Gasteiger partial charge is 0.282 e. The lowest BCUT2D eigenvalue weighted by Gasteiger charge is -2.36. The molecule has 0 aliphatic carbocycles. The van der Waals surface area contributed by atoms with E-state index < -0.39 is 0 Å². The molecule has 2 aliphatic rings. The Morgan fingerprint density at radius 1 is 0.867 bits per heavy atom. The Bertz CT molecular complexity index is 1020. The third-order valence-electron chi connectivity index (χ3n) is 6.08. The summed E-state index contributed by atoms with van der Waals surface area (Å²) in [6.45, 7) is 10.3. The zero-order chi connectivity index (χ0) is 21.4. The van der Waals surface area contributed by atoms with Gasteiger partial charge in [0.15, 0.2) is 0 Å². The van der Waals surface area contributed by atoms with Gasteiger partial charge in [-0.25, -0.2) is 4.90 Å². The van der Waals surface area contributed by atoms with Gasteiger partial charge in [-0.15, -0.1) is 0 Å². The topological polar surface area (TPSA) is 43.9 Å². The summed E-state index contributed by atoms with van der Waals surface area (Å²) in [5, 5.41) is 0.597. The molecule has 0 radical (unpaired) electrons. The van der Waals surface area contributed by atoms with Gasteiger partial charge >= 0.3 is 0 Å². The Morgan fingerprint density at radius 2 is 1.53 bits per heavy atom. The van der Waals surface area contributed by atoms with E-state index in [4.69, 9.17) is 11.6 Å². The number of imide groups is 1. The van der Waals surface area contributed by atoms with Gasteiger partial charge in [-0.05, 0) is 61.3 Å². The van der Waals surface area contributed by atoms with E-state index in [1.54, 1.807) is 12.1 Å². The number of aryl methyl sites for hydroxylation is 2. The standard InChI is InChI=1S/C24H26ClN3O2/c1-4-26-11-13-27(14-12-26)22-21(18-6-8-19(25)9-7-18)23(29)28(24(22)30)20-10-5-16(2)17(3)15-20/h5-10,15H,4,11-14H2,1-3H3. The summed E-state index contributed by atoms with van der Waals surface area (Å²) in [7, 11) is 0. The Kier molecular flexibility index (Phi) is 5.67. The maximum atomic E-state index is 13.6. The number of halogens is 1. The monoisotopic (exact) mass is 423 g/mol. The Hall–Kier alpha value is -2.63. The van der Waals surface area contributed by atoms with Crippen LogP contribution in [0.1, 0.15) is 23.6 Å². The summed E-state index contributed by atoms with van der Waals surface area (Å²) < 4.78 is 0. The van der Waals surface area contributed by atoms with Gasteiger partial charge in [-0.2, -0.15) is 0 Å². The number of nitrogens with zero attached hydrogens (tertiary/aromatic N) is 3. The predicted molar refractivity (Wildman–Crippen MR) is 120 cm³/mol. The van der Waals surface area contributed by atoms with Crippen LogP contribution < -0.4 is 4.90 Å². The van der Waals surface area contributed by atoms with Gasteiger partial charge in [-0.3, -0.25) is 9.59 Å². The molecule has 4 rings (SSSR count). The molecule has 30 heavy (non-hydrogen) atoms. The van der Waals surface area contributed by atoms with Crippen molar-refractivity contribution in [2.24, 2.45) is 0 Å². The first kappa shape index (κ1) is 20.6. The van der Waals surface area contributed by atoms with Gasteiger partial charge in [0.25, 0.3) is 11.8 Å². The number of piperazine rings is 1. The molecule has 0 saturated carbocycles. The summed E-state index contributed by atoms with van der Waals surface area (Å²) >= 11 is 6.06. The fourth-order valence-electron chi connectivity index (χ4n) is 4.08. The van der Waals surface area contributed by atoms with Gasteiger partial charge in [0.1, 0.15) is 5.70 Å². The third-order valence-corrected chi connectivity index (χ3v) is 6.33. The zero-order valence-electron chi connectivity index (χ0n) is 17.6. The lowest BCUT2D eigenvalue weighted by atomic mass is 10.0. The first-order chi connectivity index (χ1) is 14.4. The molecular weight excluding hydrogens is 398 g/mol. The highest BCUT2D eigenvalue weighted by atomic mass is 35.5. The van der Waals surface area contributed by atoms with Crippen LogP contribution in [-0.4, -0.2) is 54.3 Å². The molecule has 2 aromatic rings. The summed E-state index contributed by atoms with van der Waals surface area (Å²) in [4.78, 5) is 32.9. The van der Waals surface area contributed by atoms with Crippen LogP contribution in [0.15, 0.2) is 48.2 Å². The van der Waals surface area contributed by atoms with Gasteiger partial charge in [-0.1, -0.05) is 36.7 Å². The molecule has 0 aromatic heterocycles. The van der Waals surface area contributed by atoms with Crippen molar-refractivity contribution in [3.63, 3.8) is 0 Å². The highest BCUT2D eigenvalue weighted by molar-refractivity contribution is 6.45. The molecule has 0 spiro atoms. The second-order valence-electron chi connectivity index (χ2n) is 7.87. The van der Waals surface area contributed by atoms with Crippen molar-refractivity contribution in [2.75, 3.05) is 37.6 Å². The highest BCUT2D eigenvalue weighted by Gasteiger charge is 2.43. The van der Waals surface area contributed by atoms with Crippen molar-refractivity contribution < 1.29 is 9.59 Å². The largest absolute Gasteiger partial charge is 0.364 e. The van der Waals surface area contributed by atoms with Crippen molar-refractivity contribution in [1.82, 2.24) is 9.80 Å². The van der Waals surface area contributed by atoms with Gasteiger partial charge in [0, 0.05) is 31.2 Å². The quantitative estimate of drug-likeness (QED) is 0.700. The molecule has 5 nitrogen and oxygen atoms in total. The van der Waals surface area contributed by atoms with E-state index in [2.05, 4.69) is 16.7 Å². The summed E-state index contributed by atoms with van der Waals surface area (Å²) in [6.07, 6.45) is 0. The van der Waals surface area contributed by atoms with Gasteiger partial charge < -0.3 is 9.80 Å². The normalized spacial score (nSPS) is 18.0. The van der Waals surface area contributed by atoms with Crippen molar-refractivity contribution in [1.29, 1.82) is 0 Å². The van der Waals surface area contributed by atoms with E-state index in [0.717, 1.165) is 49.4 Å². The van der Waals surface area contributed by atoms with Crippen LogP contribution in [0, 0.1) is 13.8 Å². The van der Waals surface area contributed by atoms with Crippen molar-refractivity contribution >= 4 is 34.7 Å². The van der Waals surface area contributed by atoms with Gasteiger partial charge in [0.2, 0.25) is 0 Å². The summed E-state index contributed by atoms with van der Waals surface area (Å²) in [5.41, 5.74) is 4.46. The van der Waals surface area contributed by atoms with E-state index in [1.807, 2.05) is 44.2 Å². The van der Waals surface area contributed by atoms with Crippen LogP contribution in [0.3, 0.4) is 0 Å².